The Labute approximate surface area is 134 Å². The van der Waals surface area contributed by atoms with Crippen molar-refractivity contribution in [3.05, 3.63) is 53.7 Å². The first-order chi connectivity index (χ1) is 11.3. The lowest BCUT2D eigenvalue weighted by Gasteiger charge is -2.29. The van der Waals surface area contributed by atoms with Gasteiger partial charge < -0.3 is 15.0 Å². The SMILES string of the molecule is Cc1c(NC2COC2)cccc1-c1ccc(C#N)c2[nH]ccc12. The van der Waals surface area contributed by atoms with Crippen molar-refractivity contribution in [3.8, 4) is 17.2 Å². The van der Waals surface area contributed by atoms with Crippen LogP contribution in [0.25, 0.3) is 22.0 Å². The van der Waals surface area contributed by atoms with Crippen LogP contribution in [0.5, 0.6) is 0 Å². The van der Waals surface area contributed by atoms with Gasteiger partial charge in [0.15, 0.2) is 0 Å². The van der Waals surface area contributed by atoms with Gasteiger partial charge in [-0.3, -0.25) is 0 Å². The largest absolute Gasteiger partial charge is 0.377 e. The minimum Gasteiger partial charge on any atom is -0.377 e. The fraction of sp³-hybridized carbons (Fsp3) is 0.211. The van der Waals surface area contributed by atoms with Crippen LogP contribution in [0.4, 0.5) is 5.69 Å². The number of hydrogen-bond acceptors (Lipinski definition) is 3. The van der Waals surface area contributed by atoms with Crippen LogP contribution in [0.2, 0.25) is 0 Å². The maximum Gasteiger partial charge on any atom is 0.101 e. The Morgan fingerprint density at radius 1 is 1.17 bits per heavy atom. The third-order valence-electron chi connectivity index (χ3n) is 4.47. The van der Waals surface area contributed by atoms with E-state index in [1.165, 1.54) is 11.1 Å². The zero-order valence-electron chi connectivity index (χ0n) is 12.9. The summed E-state index contributed by atoms with van der Waals surface area (Å²) in [4.78, 5) is 3.18. The first-order valence-electron chi connectivity index (χ1n) is 7.72. The highest BCUT2D eigenvalue weighted by molar-refractivity contribution is 5.99. The zero-order valence-corrected chi connectivity index (χ0v) is 12.9. The molecule has 0 unspecified atom stereocenters. The molecule has 2 heterocycles. The van der Waals surface area contributed by atoms with Gasteiger partial charge in [0, 0.05) is 17.3 Å². The smallest absolute Gasteiger partial charge is 0.101 e. The van der Waals surface area contributed by atoms with Crippen LogP contribution in [0.15, 0.2) is 42.6 Å². The quantitative estimate of drug-likeness (QED) is 0.773. The molecule has 0 spiro atoms. The average Bonchev–Trinajstić information content (AvgIpc) is 3.01. The van der Waals surface area contributed by atoms with Gasteiger partial charge in [-0.15, -0.1) is 0 Å². The number of rotatable bonds is 3. The number of fused-ring (bicyclic) bond motifs is 1. The van der Waals surface area contributed by atoms with Gasteiger partial charge in [-0.1, -0.05) is 18.2 Å². The summed E-state index contributed by atoms with van der Waals surface area (Å²) < 4.78 is 5.24. The highest BCUT2D eigenvalue weighted by atomic mass is 16.5. The summed E-state index contributed by atoms with van der Waals surface area (Å²) in [5.41, 5.74) is 6.26. The molecule has 0 atom stereocenters. The predicted octanol–water partition coefficient (Wildman–Crippen LogP) is 3.83. The van der Waals surface area contributed by atoms with E-state index in [1.807, 2.05) is 24.4 Å². The summed E-state index contributed by atoms with van der Waals surface area (Å²) in [5.74, 6) is 0. The van der Waals surface area contributed by atoms with Gasteiger partial charge in [0.1, 0.15) is 6.07 Å². The number of nitrogens with zero attached hydrogens (tertiary/aromatic N) is 1. The Bertz CT molecular complexity index is 916. The second-order valence-corrected chi connectivity index (χ2v) is 5.90. The molecule has 2 aromatic carbocycles. The van der Waals surface area contributed by atoms with E-state index in [0.717, 1.165) is 35.4 Å². The molecule has 4 heteroatoms. The zero-order chi connectivity index (χ0) is 15.8. The first-order valence-corrected chi connectivity index (χ1v) is 7.72. The standard InChI is InChI=1S/C19H17N3O/c1-12-15(3-2-4-18(12)22-14-10-23-11-14)16-6-5-13(9-20)19-17(16)7-8-21-19/h2-8,14,21-22H,10-11H2,1H3. The molecule has 3 aromatic rings. The molecule has 1 aliphatic rings. The molecule has 0 amide bonds. The minimum atomic E-state index is 0.400. The normalized spacial score (nSPS) is 14.4. The highest BCUT2D eigenvalue weighted by Crippen LogP contribution is 2.35. The molecule has 1 aromatic heterocycles. The van der Waals surface area contributed by atoms with Crippen molar-refractivity contribution in [3.63, 3.8) is 0 Å². The number of benzene rings is 2. The third-order valence-corrected chi connectivity index (χ3v) is 4.47. The second kappa shape index (κ2) is 5.45. The molecule has 23 heavy (non-hydrogen) atoms. The van der Waals surface area contributed by atoms with Crippen molar-refractivity contribution >= 4 is 16.6 Å². The van der Waals surface area contributed by atoms with Gasteiger partial charge in [0.2, 0.25) is 0 Å². The molecule has 0 bridgehead atoms. The molecule has 114 valence electrons. The fourth-order valence-corrected chi connectivity index (χ4v) is 3.11. The number of aromatic amines is 1. The molecular formula is C19H17N3O. The Hall–Kier alpha value is -2.77. The van der Waals surface area contributed by atoms with Crippen LogP contribution in [0.3, 0.4) is 0 Å². The van der Waals surface area contributed by atoms with E-state index in [0.29, 0.717) is 11.6 Å². The molecule has 1 saturated heterocycles. The van der Waals surface area contributed by atoms with Gasteiger partial charge in [0.05, 0.1) is 30.3 Å². The summed E-state index contributed by atoms with van der Waals surface area (Å²) >= 11 is 0. The van der Waals surface area contributed by atoms with E-state index in [-0.39, 0.29) is 0 Å². The summed E-state index contributed by atoms with van der Waals surface area (Å²) in [6.07, 6.45) is 1.89. The third kappa shape index (κ3) is 2.26. The van der Waals surface area contributed by atoms with Gasteiger partial charge in [-0.25, -0.2) is 0 Å². The van der Waals surface area contributed by atoms with Gasteiger partial charge in [-0.2, -0.15) is 5.26 Å². The summed E-state index contributed by atoms with van der Waals surface area (Å²) in [6, 6.07) is 14.9. The van der Waals surface area contributed by atoms with E-state index in [4.69, 9.17) is 4.74 Å². The van der Waals surface area contributed by atoms with Crippen LogP contribution in [-0.4, -0.2) is 24.2 Å². The summed E-state index contributed by atoms with van der Waals surface area (Å²) in [5, 5.41) is 13.9. The van der Waals surface area contributed by atoms with Crippen LogP contribution in [-0.2, 0) is 4.74 Å². The average molecular weight is 303 g/mol. The van der Waals surface area contributed by atoms with Crippen molar-refractivity contribution in [1.82, 2.24) is 4.98 Å². The van der Waals surface area contributed by atoms with Crippen molar-refractivity contribution in [2.24, 2.45) is 0 Å². The van der Waals surface area contributed by atoms with Crippen molar-refractivity contribution in [2.45, 2.75) is 13.0 Å². The highest BCUT2D eigenvalue weighted by Gasteiger charge is 2.19. The molecular weight excluding hydrogens is 286 g/mol. The van der Waals surface area contributed by atoms with Gasteiger partial charge in [-0.05, 0) is 41.8 Å². The summed E-state index contributed by atoms with van der Waals surface area (Å²) in [6.45, 7) is 3.67. The fourth-order valence-electron chi connectivity index (χ4n) is 3.11. The number of nitrogens with one attached hydrogen (secondary N) is 2. The Morgan fingerprint density at radius 2 is 2.04 bits per heavy atom. The van der Waals surface area contributed by atoms with Crippen LogP contribution >= 0.6 is 0 Å². The minimum absolute atomic E-state index is 0.400. The lowest BCUT2D eigenvalue weighted by atomic mass is 9.95. The van der Waals surface area contributed by atoms with E-state index < -0.39 is 0 Å². The van der Waals surface area contributed by atoms with Crippen molar-refractivity contribution in [1.29, 1.82) is 5.26 Å². The Kier molecular flexibility index (Phi) is 3.29. The van der Waals surface area contributed by atoms with E-state index in [2.05, 4.69) is 41.5 Å². The second-order valence-electron chi connectivity index (χ2n) is 5.90. The first kappa shape index (κ1) is 13.9. The summed E-state index contributed by atoms with van der Waals surface area (Å²) in [7, 11) is 0. The number of ether oxygens (including phenoxy) is 1. The van der Waals surface area contributed by atoms with Crippen LogP contribution in [0, 0.1) is 18.3 Å². The van der Waals surface area contributed by atoms with Crippen LogP contribution < -0.4 is 5.32 Å². The monoisotopic (exact) mass is 303 g/mol. The topological polar surface area (TPSA) is 60.8 Å². The van der Waals surface area contributed by atoms with Gasteiger partial charge in [0.25, 0.3) is 0 Å². The Morgan fingerprint density at radius 3 is 2.78 bits per heavy atom. The Balaban J connectivity index is 1.83. The number of nitriles is 1. The van der Waals surface area contributed by atoms with E-state index in [9.17, 15) is 5.26 Å². The van der Waals surface area contributed by atoms with Crippen molar-refractivity contribution < 1.29 is 4.74 Å². The molecule has 0 radical (unpaired) electrons. The maximum atomic E-state index is 9.26. The lowest BCUT2D eigenvalue weighted by molar-refractivity contribution is 0.0211. The molecule has 0 aliphatic carbocycles. The number of anilines is 1. The number of hydrogen-bond donors (Lipinski definition) is 2. The van der Waals surface area contributed by atoms with E-state index in [1.54, 1.807) is 0 Å². The van der Waals surface area contributed by atoms with E-state index >= 15 is 0 Å². The molecule has 1 aliphatic heterocycles. The molecule has 1 fully saturated rings. The van der Waals surface area contributed by atoms with Crippen LogP contribution in [0.1, 0.15) is 11.1 Å². The molecule has 2 N–H and O–H groups in total. The molecule has 4 nitrogen and oxygen atoms in total. The number of aromatic nitrogens is 1. The maximum absolute atomic E-state index is 9.26. The number of H-pyrrole nitrogens is 1. The van der Waals surface area contributed by atoms with Gasteiger partial charge >= 0.3 is 0 Å². The molecule has 0 saturated carbocycles. The van der Waals surface area contributed by atoms with Crippen molar-refractivity contribution in [2.75, 3.05) is 18.5 Å². The predicted molar refractivity (Wildman–Crippen MR) is 91.4 cm³/mol. The lowest BCUT2D eigenvalue weighted by Crippen LogP contribution is -2.40. The molecule has 4 rings (SSSR count).